The summed E-state index contributed by atoms with van der Waals surface area (Å²) in [5.74, 6) is -0.293. The molecule has 3 heterocycles. The first-order valence-corrected chi connectivity index (χ1v) is 8.75. The molecule has 0 saturated heterocycles. The molecule has 0 spiro atoms. The SMILES string of the molecule is O=C(Nc1cc(-c2cccc3[nH]ccc23)cc2[nH]ncc12)c1csnn1. The number of carbonyl (C=O) groups excluding carboxylic acids is 1. The maximum Gasteiger partial charge on any atom is 0.277 e. The number of nitrogens with one attached hydrogen (secondary N) is 3. The van der Waals surface area contributed by atoms with Gasteiger partial charge in [-0.05, 0) is 46.9 Å². The smallest absolute Gasteiger partial charge is 0.277 e. The highest BCUT2D eigenvalue weighted by molar-refractivity contribution is 7.03. The van der Waals surface area contributed by atoms with Crippen LogP contribution in [0.1, 0.15) is 10.5 Å². The summed E-state index contributed by atoms with van der Waals surface area (Å²) in [5, 5.41) is 17.4. The lowest BCUT2D eigenvalue weighted by Gasteiger charge is -2.09. The van der Waals surface area contributed by atoms with Crippen molar-refractivity contribution in [2.45, 2.75) is 0 Å². The van der Waals surface area contributed by atoms with Crippen LogP contribution in [0.3, 0.4) is 0 Å². The normalized spacial score (nSPS) is 11.2. The number of rotatable bonds is 3. The number of fused-ring (bicyclic) bond motifs is 2. The van der Waals surface area contributed by atoms with Crippen LogP contribution < -0.4 is 5.32 Å². The van der Waals surface area contributed by atoms with E-state index in [4.69, 9.17) is 0 Å². The van der Waals surface area contributed by atoms with Crippen LogP contribution in [0.4, 0.5) is 5.69 Å². The Labute approximate surface area is 151 Å². The van der Waals surface area contributed by atoms with Crippen molar-refractivity contribution in [3.8, 4) is 11.1 Å². The fourth-order valence-electron chi connectivity index (χ4n) is 3.10. The Morgan fingerprint density at radius 2 is 2.08 bits per heavy atom. The van der Waals surface area contributed by atoms with Crippen molar-refractivity contribution in [2.75, 3.05) is 5.32 Å². The highest BCUT2D eigenvalue weighted by Crippen LogP contribution is 2.34. The van der Waals surface area contributed by atoms with Crippen molar-refractivity contribution in [3.05, 3.63) is 59.9 Å². The lowest BCUT2D eigenvalue weighted by Crippen LogP contribution is -2.12. The van der Waals surface area contributed by atoms with Crippen LogP contribution in [0.15, 0.2) is 54.2 Å². The standard InChI is InChI=1S/C18H12N6OS/c25-18(17-9-26-24-23-17)21-15-6-10(7-16-13(15)8-20-22-16)11-2-1-3-14-12(11)4-5-19-14/h1-9,19H,(H,20,22)(H,21,25). The Balaban J connectivity index is 1.66. The number of H-pyrrole nitrogens is 2. The molecule has 0 aliphatic heterocycles. The van der Waals surface area contributed by atoms with E-state index in [0.29, 0.717) is 11.4 Å². The zero-order valence-corrected chi connectivity index (χ0v) is 14.2. The first kappa shape index (κ1) is 14.8. The molecule has 0 saturated carbocycles. The molecule has 26 heavy (non-hydrogen) atoms. The number of nitrogens with zero attached hydrogens (tertiary/aromatic N) is 3. The van der Waals surface area contributed by atoms with Gasteiger partial charge in [-0.2, -0.15) is 5.10 Å². The van der Waals surface area contributed by atoms with E-state index in [1.165, 1.54) is 0 Å². The van der Waals surface area contributed by atoms with Crippen LogP contribution in [0, 0.1) is 0 Å². The van der Waals surface area contributed by atoms with Gasteiger partial charge in [-0.1, -0.05) is 16.6 Å². The Morgan fingerprint density at radius 1 is 1.12 bits per heavy atom. The minimum atomic E-state index is -0.293. The molecular formula is C18H12N6OS. The molecule has 0 radical (unpaired) electrons. The molecule has 0 aliphatic rings. The molecule has 5 aromatic rings. The van der Waals surface area contributed by atoms with Gasteiger partial charge in [0.15, 0.2) is 5.69 Å². The van der Waals surface area contributed by atoms with E-state index in [2.05, 4.69) is 36.2 Å². The molecule has 0 unspecified atom stereocenters. The lowest BCUT2D eigenvalue weighted by molar-refractivity contribution is 0.102. The topological polar surface area (TPSA) is 99.3 Å². The highest BCUT2D eigenvalue weighted by Gasteiger charge is 2.14. The molecular weight excluding hydrogens is 348 g/mol. The molecule has 0 bridgehead atoms. The Morgan fingerprint density at radius 3 is 2.96 bits per heavy atom. The maximum atomic E-state index is 12.4. The van der Waals surface area contributed by atoms with E-state index in [0.717, 1.165) is 44.5 Å². The molecule has 0 fully saturated rings. The minimum absolute atomic E-state index is 0.293. The molecule has 3 N–H and O–H groups in total. The molecule has 8 heteroatoms. The van der Waals surface area contributed by atoms with Crippen LogP contribution in [0.5, 0.6) is 0 Å². The average Bonchev–Trinajstić information content (AvgIpc) is 3.40. The van der Waals surface area contributed by atoms with Crippen LogP contribution in [0.2, 0.25) is 0 Å². The largest absolute Gasteiger partial charge is 0.361 e. The molecule has 1 amide bonds. The van der Waals surface area contributed by atoms with Gasteiger partial charge in [0.2, 0.25) is 0 Å². The average molecular weight is 360 g/mol. The molecule has 7 nitrogen and oxygen atoms in total. The van der Waals surface area contributed by atoms with E-state index in [1.807, 2.05) is 36.5 Å². The van der Waals surface area contributed by atoms with Gasteiger partial charge < -0.3 is 10.3 Å². The van der Waals surface area contributed by atoms with Crippen molar-refractivity contribution < 1.29 is 4.79 Å². The quantitative estimate of drug-likeness (QED) is 0.455. The van der Waals surface area contributed by atoms with E-state index >= 15 is 0 Å². The summed E-state index contributed by atoms with van der Waals surface area (Å²) in [4.78, 5) is 15.6. The second kappa shape index (κ2) is 5.78. The number of aromatic nitrogens is 5. The Bertz CT molecular complexity index is 1240. The monoisotopic (exact) mass is 360 g/mol. The molecule has 0 atom stereocenters. The molecule has 126 valence electrons. The van der Waals surface area contributed by atoms with Gasteiger partial charge in [-0.3, -0.25) is 9.89 Å². The fraction of sp³-hybridized carbons (Fsp3) is 0. The van der Waals surface area contributed by atoms with Gasteiger partial charge in [0.1, 0.15) is 0 Å². The highest BCUT2D eigenvalue weighted by atomic mass is 32.1. The van der Waals surface area contributed by atoms with Crippen molar-refractivity contribution >= 4 is 44.9 Å². The predicted octanol–water partition coefficient (Wildman–Crippen LogP) is 3.82. The summed E-state index contributed by atoms with van der Waals surface area (Å²) < 4.78 is 3.74. The molecule has 3 aromatic heterocycles. The van der Waals surface area contributed by atoms with Crippen molar-refractivity contribution in [1.29, 1.82) is 0 Å². The number of hydrogen-bond donors (Lipinski definition) is 3. The third-order valence-electron chi connectivity index (χ3n) is 4.31. The van der Waals surface area contributed by atoms with Crippen LogP contribution in [-0.2, 0) is 0 Å². The van der Waals surface area contributed by atoms with E-state index < -0.39 is 0 Å². The van der Waals surface area contributed by atoms with Gasteiger partial charge in [-0.15, -0.1) is 5.10 Å². The molecule has 2 aromatic carbocycles. The summed E-state index contributed by atoms with van der Waals surface area (Å²) in [7, 11) is 0. The number of anilines is 1. The summed E-state index contributed by atoms with van der Waals surface area (Å²) in [6.45, 7) is 0. The van der Waals surface area contributed by atoms with E-state index in [-0.39, 0.29) is 5.91 Å². The first-order valence-electron chi connectivity index (χ1n) is 7.91. The third-order valence-corrected chi connectivity index (χ3v) is 4.81. The van der Waals surface area contributed by atoms with E-state index in [9.17, 15) is 4.79 Å². The van der Waals surface area contributed by atoms with Crippen LogP contribution >= 0.6 is 11.5 Å². The van der Waals surface area contributed by atoms with Gasteiger partial charge in [0.05, 0.1) is 17.4 Å². The molecule has 0 aliphatic carbocycles. The summed E-state index contributed by atoms with van der Waals surface area (Å²) in [6, 6.07) is 12.1. The van der Waals surface area contributed by atoms with Crippen molar-refractivity contribution in [2.24, 2.45) is 0 Å². The van der Waals surface area contributed by atoms with E-state index in [1.54, 1.807) is 11.6 Å². The van der Waals surface area contributed by atoms with Gasteiger partial charge in [-0.25, -0.2) is 0 Å². The zero-order valence-electron chi connectivity index (χ0n) is 13.4. The van der Waals surface area contributed by atoms with Gasteiger partial charge in [0.25, 0.3) is 5.91 Å². The summed E-state index contributed by atoms with van der Waals surface area (Å²) in [6.07, 6.45) is 3.62. The minimum Gasteiger partial charge on any atom is -0.361 e. The van der Waals surface area contributed by atoms with Crippen molar-refractivity contribution in [1.82, 2.24) is 24.8 Å². The number of amides is 1. The van der Waals surface area contributed by atoms with Crippen LogP contribution in [-0.4, -0.2) is 30.7 Å². The third kappa shape index (κ3) is 2.35. The zero-order chi connectivity index (χ0) is 17.5. The number of aromatic amines is 2. The second-order valence-electron chi connectivity index (χ2n) is 5.84. The van der Waals surface area contributed by atoms with Gasteiger partial charge >= 0.3 is 0 Å². The molecule has 5 rings (SSSR count). The Kier molecular flexibility index (Phi) is 3.29. The summed E-state index contributed by atoms with van der Waals surface area (Å²) >= 11 is 1.14. The van der Waals surface area contributed by atoms with Crippen molar-refractivity contribution in [3.63, 3.8) is 0 Å². The van der Waals surface area contributed by atoms with Crippen LogP contribution in [0.25, 0.3) is 32.9 Å². The number of benzene rings is 2. The fourth-order valence-corrected chi connectivity index (χ4v) is 3.53. The lowest BCUT2D eigenvalue weighted by atomic mass is 9.99. The summed E-state index contributed by atoms with van der Waals surface area (Å²) in [5.41, 5.74) is 4.94. The van der Waals surface area contributed by atoms with Gasteiger partial charge in [0, 0.05) is 27.9 Å². The Hall–Kier alpha value is -3.52. The first-order chi connectivity index (χ1) is 12.8. The number of carbonyl (C=O) groups is 1. The maximum absolute atomic E-state index is 12.4. The number of hydrogen-bond acceptors (Lipinski definition) is 5. The second-order valence-corrected chi connectivity index (χ2v) is 6.45. The predicted molar refractivity (Wildman–Crippen MR) is 101 cm³/mol.